The summed E-state index contributed by atoms with van der Waals surface area (Å²) in [5.74, 6) is -0.00538. The highest BCUT2D eigenvalue weighted by Crippen LogP contribution is 2.54. The van der Waals surface area contributed by atoms with E-state index in [2.05, 4.69) is 32.2 Å². The molecule has 2 aromatic rings. The summed E-state index contributed by atoms with van der Waals surface area (Å²) in [4.78, 5) is 13.3. The number of hydrogen-bond donors (Lipinski definition) is 3. The lowest BCUT2D eigenvalue weighted by molar-refractivity contribution is -0.119. The molecular formula is C26H32N2O5. The molecule has 33 heavy (non-hydrogen) atoms. The standard InChI is InChI=1S/C26H32N2O5/c1-25(2,3)23-11-16-10-18(5-6-20(16)28(23)19(13-29)14-30)27-24(31)26(8-9-26)17-4-7-21-22(12-17)33-15-32-21/h4-7,10-12,19,21-22,29-30H,8-9,13-15H2,1-3H3,(H,27,31). The zero-order valence-corrected chi connectivity index (χ0v) is 19.4. The molecule has 176 valence electrons. The monoisotopic (exact) mass is 452 g/mol. The van der Waals surface area contributed by atoms with Crippen molar-refractivity contribution in [1.29, 1.82) is 0 Å². The van der Waals surface area contributed by atoms with Gasteiger partial charge in [0.15, 0.2) is 0 Å². The van der Waals surface area contributed by atoms with Gasteiger partial charge in [0, 0.05) is 27.7 Å². The predicted octanol–water partition coefficient (Wildman–Crippen LogP) is 3.42. The van der Waals surface area contributed by atoms with E-state index in [1.165, 1.54) is 0 Å². The first-order chi connectivity index (χ1) is 15.8. The molecule has 1 aromatic carbocycles. The normalized spacial score (nSPS) is 23.6. The number of allylic oxidation sites excluding steroid dienone is 1. The zero-order chi connectivity index (χ0) is 23.4. The second-order valence-corrected chi connectivity index (χ2v) is 10.3. The van der Waals surface area contributed by atoms with Gasteiger partial charge in [0.1, 0.15) is 19.0 Å². The Balaban J connectivity index is 1.43. The fourth-order valence-electron chi connectivity index (χ4n) is 4.97. The van der Waals surface area contributed by atoms with E-state index in [0.717, 1.165) is 40.7 Å². The molecule has 2 unspecified atom stereocenters. The third kappa shape index (κ3) is 3.83. The van der Waals surface area contributed by atoms with Crippen LogP contribution in [0.1, 0.15) is 45.3 Å². The minimum atomic E-state index is -0.510. The number of aliphatic hydroxyl groups excluding tert-OH is 2. The summed E-state index contributed by atoms with van der Waals surface area (Å²) in [5.41, 5.74) is 3.01. The second kappa shape index (κ2) is 8.09. The Morgan fingerprint density at radius 3 is 2.58 bits per heavy atom. The first kappa shape index (κ1) is 22.3. The zero-order valence-electron chi connectivity index (χ0n) is 19.4. The van der Waals surface area contributed by atoms with Crippen LogP contribution in [0.4, 0.5) is 5.69 Å². The Morgan fingerprint density at radius 2 is 1.91 bits per heavy atom. The molecule has 2 fully saturated rings. The molecule has 7 heteroatoms. The molecule has 1 saturated carbocycles. The van der Waals surface area contributed by atoms with E-state index in [0.29, 0.717) is 0 Å². The van der Waals surface area contributed by atoms with E-state index in [1.807, 2.05) is 41.0 Å². The Morgan fingerprint density at radius 1 is 1.18 bits per heavy atom. The Labute approximate surface area is 193 Å². The summed E-state index contributed by atoms with van der Waals surface area (Å²) in [5, 5.41) is 23.8. The van der Waals surface area contributed by atoms with E-state index in [1.54, 1.807) is 0 Å². The van der Waals surface area contributed by atoms with Crippen LogP contribution < -0.4 is 5.32 Å². The summed E-state index contributed by atoms with van der Waals surface area (Å²) in [6, 6.07) is 7.48. The van der Waals surface area contributed by atoms with Gasteiger partial charge in [0.2, 0.25) is 5.91 Å². The number of ether oxygens (including phenoxy) is 2. The van der Waals surface area contributed by atoms with Gasteiger partial charge in [-0.25, -0.2) is 0 Å². The SMILES string of the molecule is CC(C)(C)c1cc2cc(NC(=O)C3(C4=CC5OCOC5C=C4)CC3)ccc2n1C(CO)CO. The summed E-state index contributed by atoms with van der Waals surface area (Å²) < 4.78 is 13.1. The van der Waals surface area contributed by atoms with Crippen molar-refractivity contribution in [1.82, 2.24) is 4.57 Å². The number of fused-ring (bicyclic) bond motifs is 2. The minimum Gasteiger partial charge on any atom is -0.394 e. The molecule has 1 aromatic heterocycles. The molecule has 1 amide bonds. The molecule has 2 atom stereocenters. The molecule has 7 nitrogen and oxygen atoms in total. The summed E-state index contributed by atoms with van der Waals surface area (Å²) in [7, 11) is 0. The third-order valence-electron chi connectivity index (χ3n) is 7.04. The number of aromatic nitrogens is 1. The van der Waals surface area contributed by atoms with Crippen molar-refractivity contribution in [2.24, 2.45) is 5.41 Å². The van der Waals surface area contributed by atoms with Crippen molar-refractivity contribution in [2.45, 2.75) is 57.3 Å². The maximum absolute atomic E-state index is 13.3. The molecule has 0 bridgehead atoms. The van der Waals surface area contributed by atoms with Crippen LogP contribution in [-0.2, 0) is 19.7 Å². The molecule has 0 radical (unpaired) electrons. The van der Waals surface area contributed by atoms with Crippen molar-refractivity contribution < 1.29 is 24.5 Å². The van der Waals surface area contributed by atoms with Crippen LogP contribution in [0.2, 0.25) is 0 Å². The van der Waals surface area contributed by atoms with Crippen LogP contribution in [0, 0.1) is 5.41 Å². The number of amides is 1. The maximum atomic E-state index is 13.3. The predicted molar refractivity (Wildman–Crippen MR) is 126 cm³/mol. The van der Waals surface area contributed by atoms with E-state index in [4.69, 9.17) is 9.47 Å². The van der Waals surface area contributed by atoms with Crippen LogP contribution in [0.5, 0.6) is 0 Å². The van der Waals surface area contributed by atoms with Crippen LogP contribution in [0.25, 0.3) is 10.9 Å². The van der Waals surface area contributed by atoms with Crippen LogP contribution in [0.3, 0.4) is 0 Å². The molecule has 5 rings (SSSR count). The lowest BCUT2D eigenvalue weighted by Gasteiger charge is -2.26. The maximum Gasteiger partial charge on any atom is 0.235 e. The number of aliphatic hydroxyl groups is 2. The van der Waals surface area contributed by atoms with Gasteiger partial charge < -0.3 is 29.6 Å². The number of carbonyl (C=O) groups excluding carboxylic acids is 1. The van der Waals surface area contributed by atoms with Gasteiger partial charge in [0.25, 0.3) is 0 Å². The number of nitrogens with zero attached hydrogens (tertiary/aromatic N) is 1. The van der Waals surface area contributed by atoms with Gasteiger partial charge in [-0.2, -0.15) is 0 Å². The van der Waals surface area contributed by atoms with Crippen molar-refractivity contribution in [3.63, 3.8) is 0 Å². The Bertz CT molecular complexity index is 1130. The Kier molecular flexibility index (Phi) is 5.48. The number of benzene rings is 1. The third-order valence-corrected chi connectivity index (χ3v) is 7.04. The average Bonchev–Trinajstić information content (AvgIpc) is 3.31. The molecule has 0 spiro atoms. The van der Waals surface area contributed by atoms with Gasteiger partial charge >= 0.3 is 0 Å². The number of hydrogen-bond acceptors (Lipinski definition) is 5. The molecule has 1 saturated heterocycles. The van der Waals surface area contributed by atoms with E-state index in [-0.39, 0.29) is 43.5 Å². The molecule has 3 N–H and O–H groups in total. The van der Waals surface area contributed by atoms with Gasteiger partial charge in [-0.1, -0.05) is 32.9 Å². The molecule has 1 aliphatic heterocycles. The summed E-state index contributed by atoms with van der Waals surface area (Å²) in [6.45, 7) is 6.31. The van der Waals surface area contributed by atoms with Crippen molar-refractivity contribution >= 4 is 22.5 Å². The van der Waals surface area contributed by atoms with E-state index in [9.17, 15) is 15.0 Å². The summed E-state index contributed by atoms with van der Waals surface area (Å²) >= 11 is 0. The first-order valence-corrected chi connectivity index (χ1v) is 11.6. The van der Waals surface area contributed by atoms with Gasteiger partial charge in [-0.15, -0.1) is 0 Å². The van der Waals surface area contributed by atoms with E-state index >= 15 is 0 Å². The fraction of sp³-hybridized carbons (Fsp3) is 0.500. The van der Waals surface area contributed by atoms with E-state index < -0.39 is 11.5 Å². The van der Waals surface area contributed by atoms with Crippen LogP contribution in [0.15, 0.2) is 48.1 Å². The van der Waals surface area contributed by atoms with Gasteiger partial charge in [-0.05, 0) is 48.8 Å². The number of carbonyl (C=O) groups is 1. The average molecular weight is 453 g/mol. The number of anilines is 1. The molecule has 3 aliphatic rings. The number of rotatable bonds is 6. The highest BCUT2D eigenvalue weighted by Gasteiger charge is 2.53. The largest absolute Gasteiger partial charge is 0.394 e. The van der Waals surface area contributed by atoms with Crippen molar-refractivity contribution in [3.8, 4) is 0 Å². The van der Waals surface area contributed by atoms with Gasteiger partial charge in [-0.3, -0.25) is 4.79 Å². The molecule has 2 aliphatic carbocycles. The highest BCUT2D eigenvalue weighted by molar-refractivity contribution is 6.01. The van der Waals surface area contributed by atoms with Crippen molar-refractivity contribution in [2.75, 3.05) is 25.3 Å². The fourth-order valence-corrected chi connectivity index (χ4v) is 4.97. The number of nitrogens with one attached hydrogen (secondary N) is 1. The van der Waals surface area contributed by atoms with Crippen LogP contribution >= 0.6 is 0 Å². The Hall–Kier alpha value is -2.45. The quantitative estimate of drug-likeness (QED) is 0.625. The van der Waals surface area contributed by atoms with Crippen LogP contribution in [-0.4, -0.2) is 52.9 Å². The first-order valence-electron chi connectivity index (χ1n) is 11.6. The molecule has 2 heterocycles. The van der Waals surface area contributed by atoms with Crippen molar-refractivity contribution in [3.05, 3.63) is 53.8 Å². The summed E-state index contributed by atoms with van der Waals surface area (Å²) in [6.07, 6.45) is 7.48. The lowest BCUT2D eigenvalue weighted by atomic mass is 9.88. The molecular weight excluding hydrogens is 420 g/mol. The topological polar surface area (TPSA) is 93.0 Å². The van der Waals surface area contributed by atoms with Gasteiger partial charge in [0.05, 0.1) is 24.7 Å². The second-order valence-electron chi connectivity index (χ2n) is 10.3. The highest BCUT2D eigenvalue weighted by atomic mass is 16.7. The smallest absolute Gasteiger partial charge is 0.235 e. The minimum absolute atomic E-state index is 0.00538. The lowest BCUT2D eigenvalue weighted by Crippen LogP contribution is -2.29.